The van der Waals surface area contributed by atoms with E-state index in [1.807, 2.05) is 44.2 Å². The zero-order valence-corrected chi connectivity index (χ0v) is 15.5. The second-order valence-electron chi connectivity index (χ2n) is 4.76. The van der Waals surface area contributed by atoms with Crippen LogP contribution in [0.5, 0.6) is 0 Å². The fourth-order valence-electron chi connectivity index (χ4n) is 2.20. The van der Waals surface area contributed by atoms with Crippen molar-refractivity contribution in [1.82, 2.24) is 0 Å². The molecule has 1 N–H and O–H groups in total. The third kappa shape index (κ3) is 3.95. The molecule has 0 saturated heterocycles. The van der Waals surface area contributed by atoms with Crippen molar-refractivity contribution in [3.05, 3.63) is 42.5 Å². The number of para-hydroxylation sites is 1. The summed E-state index contributed by atoms with van der Waals surface area (Å²) >= 11 is 2.87. The van der Waals surface area contributed by atoms with Gasteiger partial charge in [-0.25, -0.2) is 4.57 Å². The van der Waals surface area contributed by atoms with Crippen molar-refractivity contribution >= 4 is 41.3 Å². The molecule has 23 heavy (non-hydrogen) atoms. The SMILES string of the molecule is CCOP(=O)(OCC)Sc1ccc2c(c1)Sc1ccccc1N2. The maximum absolute atomic E-state index is 12.6. The Bertz CT molecular complexity index is 744. The fraction of sp³-hybridized carbons (Fsp3) is 0.250. The molecule has 0 unspecified atom stereocenters. The Hall–Kier alpha value is -0.910. The highest BCUT2D eigenvalue weighted by Gasteiger charge is 2.26. The molecule has 2 aromatic rings. The van der Waals surface area contributed by atoms with Gasteiger partial charge in [0, 0.05) is 14.7 Å². The highest BCUT2D eigenvalue weighted by atomic mass is 32.7. The molecule has 0 fully saturated rings. The molecule has 0 saturated carbocycles. The molecule has 0 aromatic heterocycles. The lowest BCUT2D eigenvalue weighted by Crippen LogP contribution is -1.99. The monoisotopic (exact) mass is 367 g/mol. The Morgan fingerprint density at radius 2 is 1.74 bits per heavy atom. The van der Waals surface area contributed by atoms with Crippen molar-refractivity contribution in [1.29, 1.82) is 0 Å². The molecule has 7 heteroatoms. The summed E-state index contributed by atoms with van der Waals surface area (Å²) in [6.45, 7) is 1.19. The number of fused-ring (bicyclic) bond motifs is 2. The zero-order valence-electron chi connectivity index (χ0n) is 12.9. The van der Waals surface area contributed by atoms with E-state index < -0.39 is 6.80 Å². The van der Waals surface area contributed by atoms with E-state index >= 15 is 0 Å². The zero-order chi connectivity index (χ0) is 16.3. The predicted molar refractivity (Wildman–Crippen MR) is 97.0 cm³/mol. The Morgan fingerprint density at radius 1 is 1.04 bits per heavy atom. The number of hydrogen-bond donors (Lipinski definition) is 1. The maximum Gasteiger partial charge on any atom is 0.393 e. The van der Waals surface area contributed by atoms with Gasteiger partial charge in [-0.05, 0) is 55.6 Å². The van der Waals surface area contributed by atoms with E-state index in [0.29, 0.717) is 13.2 Å². The summed E-state index contributed by atoms with van der Waals surface area (Å²) in [6.07, 6.45) is 0. The molecule has 0 bridgehead atoms. The van der Waals surface area contributed by atoms with Crippen LogP contribution in [-0.4, -0.2) is 13.2 Å². The Balaban J connectivity index is 1.83. The molecule has 0 atom stereocenters. The molecule has 122 valence electrons. The number of benzene rings is 2. The van der Waals surface area contributed by atoms with Crippen LogP contribution in [0, 0.1) is 0 Å². The van der Waals surface area contributed by atoms with Gasteiger partial charge in [-0.15, -0.1) is 0 Å². The first kappa shape index (κ1) is 16.9. The summed E-state index contributed by atoms with van der Waals surface area (Å²) in [4.78, 5) is 3.16. The van der Waals surface area contributed by atoms with Crippen LogP contribution in [0.2, 0.25) is 0 Å². The second kappa shape index (κ2) is 7.32. The first-order valence-electron chi connectivity index (χ1n) is 7.40. The van der Waals surface area contributed by atoms with E-state index in [1.54, 1.807) is 11.8 Å². The van der Waals surface area contributed by atoms with Gasteiger partial charge in [-0.3, -0.25) is 0 Å². The van der Waals surface area contributed by atoms with E-state index in [1.165, 1.54) is 4.90 Å². The Labute approximate surface area is 144 Å². The lowest BCUT2D eigenvalue weighted by molar-refractivity contribution is 0.237. The largest absolute Gasteiger partial charge is 0.393 e. The highest BCUT2D eigenvalue weighted by Crippen LogP contribution is 2.64. The van der Waals surface area contributed by atoms with Crippen molar-refractivity contribution in [2.45, 2.75) is 28.5 Å². The summed E-state index contributed by atoms with van der Waals surface area (Å²) in [7, 11) is 0. The van der Waals surface area contributed by atoms with Crippen molar-refractivity contribution < 1.29 is 13.6 Å². The molecule has 1 heterocycles. The smallest absolute Gasteiger partial charge is 0.354 e. The van der Waals surface area contributed by atoms with Gasteiger partial charge in [0.05, 0.1) is 24.6 Å². The van der Waals surface area contributed by atoms with E-state index in [4.69, 9.17) is 9.05 Å². The molecule has 1 aliphatic heterocycles. The van der Waals surface area contributed by atoms with Gasteiger partial charge in [0.2, 0.25) is 0 Å². The molecule has 2 aromatic carbocycles. The lowest BCUT2D eigenvalue weighted by Gasteiger charge is -2.22. The van der Waals surface area contributed by atoms with Crippen LogP contribution in [0.4, 0.5) is 11.4 Å². The van der Waals surface area contributed by atoms with E-state index in [-0.39, 0.29) is 0 Å². The molecule has 0 amide bonds. The Kier molecular flexibility index (Phi) is 5.39. The lowest BCUT2D eigenvalue weighted by atomic mass is 10.2. The highest BCUT2D eigenvalue weighted by molar-refractivity contribution is 8.55. The van der Waals surface area contributed by atoms with Crippen LogP contribution in [0.1, 0.15) is 13.8 Å². The fourth-order valence-corrected chi connectivity index (χ4v) is 6.74. The van der Waals surface area contributed by atoms with Crippen LogP contribution in [0.15, 0.2) is 57.2 Å². The summed E-state index contributed by atoms with van der Waals surface area (Å²) in [5.41, 5.74) is 2.17. The van der Waals surface area contributed by atoms with Crippen molar-refractivity contribution in [2.75, 3.05) is 18.5 Å². The van der Waals surface area contributed by atoms with Crippen LogP contribution in [0.3, 0.4) is 0 Å². The quantitative estimate of drug-likeness (QED) is 0.526. The Morgan fingerprint density at radius 3 is 2.48 bits per heavy atom. The minimum absolute atomic E-state index is 0.360. The standard InChI is InChI=1S/C16H18NO3PS2/c1-3-19-21(18,20-4-2)23-12-9-10-14-16(11-12)22-15-8-6-5-7-13(15)17-14/h5-11,17H,3-4H2,1-2H3. The van der Waals surface area contributed by atoms with Gasteiger partial charge < -0.3 is 14.4 Å². The topological polar surface area (TPSA) is 47.6 Å². The van der Waals surface area contributed by atoms with Gasteiger partial charge >= 0.3 is 6.80 Å². The van der Waals surface area contributed by atoms with Gasteiger partial charge in [-0.2, -0.15) is 0 Å². The van der Waals surface area contributed by atoms with Gasteiger partial charge in [0.1, 0.15) is 0 Å². The minimum atomic E-state index is -3.16. The van der Waals surface area contributed by atoms with Crippen LogP contribution >= 0.6 is 29.9 Å². The average Bonchev–Trinajstić information content (AvgIpc) is 2.53. The predicted octanol–water partition coefficient (Wildman–Crippen LogP) is 6.17. The third-order valence-corrected chi connectivity index (χ3v) is 8.03. The maximum atomic E-state index is 12.6. The molecule has 4 nitrogen and oxygen atoms in total. The second-order valence-corrected chi connectivity index (χ2v) is 9.79. The van der Waals surface area contributed by atoms with E-state index in [0.717, 1.165) is 32.5 Å². The molecule has 1 aliphatic rings. The van der Waals surface area contributed by atoms with Crippen LogP contribution < -0.4 is 5.32 Å². The van der Waals surface area contributed by atoms with Crippen LogP contribution in [-0.2, 0) is 13.6 Å². The van der Waals surface area contributed by atoms with Gasteiger partial charge in [0.15, 0.2) is 0 Å². The summed E-state index contributed by atoms with van der Waals surface area (Å²) < 4.78 is 23.3. The third-order valence-electron chi connectivity index (χ3n) is 3.12. The number of hydrogen-bond acceptors (Lipinski definition) is 6. The molecular formula is C16H18NO3PS2. The molecule has 0 spiro atoms. The minimum Gasteiger partial charge on any atom is -0.354 e. The molecule has 0 radical (unpaired) electrons. The van der Waals surface area contributed by atoms with Gasteiger partial charge in [0.25, 0.3) is 0 Å². The van der Waals surface area contributed by atoms with Crippen molar-refractivity contribution in [3.8, 4) is 0 Å². The first-order valence-corrected chi connectivity index (χ1v) is 11.2. The van der Waals surface area contributed by atoms with Crippen molar-refractivity contribution in [3.63, 3.8) is 0 Å². The summed E-state index contributed by atoms with van der Waals surface area (Å²) in [5, 5.41) is 3.42. The average molecular weight is 367 g/mol. The van der Waals surface area contributed by atoms with E-state index in [9.17, 15) is 4.57 Å². The number of rotatable bonds is 6. The molecule has 3 rings (SSSR count). The van der Waals surface area contributed by atoms with Crippen LogP contribution in [0.25, 0.3) is 0 Å². The number of nitrogens with one attached hydrogen (secondary N) is 1. The van der Waals surface area contributed by atoms with E-state index in [2.05, 4.69) is 17.4 Å². The summed E-state index contributed by atoms with van der Waals surface area (Å²) in [6, 6.07) is 14.2. The normalized spacial score (nSPS) is 13.1. The molecular weight excluding hydrogens is 349 g/mol. The van der Waals surface area contributed by atoms with Crippen molar-refractivity contribution in [2.24, 2.45) is 0 Å². The summed E-state index contributed by atoms with van der Waals surface area (Å²) in [5.74, 6) is 0. The number of anilines is 2. The molecule has 0 aliphatic carbocycles. The van der Waals surface area contributed by atoms with Gasteiger partial charge in [-0.1, -0.05) is 23.9 Å². The first-order chi connectivity index (χ1) is 11.1.